The van der Waals surface area contributed by atoms with E-state index < -0.39 is 0 Å². The molecule has 1 aromatic rings. The quantitative estimate of drug-likeness (QED) is 0.622. The Balaban J connectivity index is 3.31. The zero-order chi connectivity index (χ0) is 12.3. The summed E-state index contributed by atoms with van der Waals surface area (Å²) in [5.74, 6) is 0. The average molecular weight is 214 g/mol. The second-order valence-corrected chi connectivity index (χ2v) is 4.62. The van der Waals surface area contributed by atoms with Gasteiger partial charge in [0.2, 0.25) is 0 Å². The van der Waals surface area contributed by atoms with Crippen LogP contribution in [0.5, 0.6) is 0 Å². The fourth-order valence-electron chi connectivity index (χ4n) is 1.97. The van der Waals surface area contributed by atoms with Gasteiger partial charge in [0.1, 0.15) is 0 Å². The Morgan fingerprint density at radius 2 is 1.69 bits per heavy atom. The summed E-state index contributed by atoms with van der Waals surface area (Å²) in [5.41, 5.74) is 7.96. The van der Waals surface area contributed by atoms with Crippen molar-refractivity contribution in [3.63, 3.8) is 0 Å². The lowest BCUT2D eigenvalue weighted by molar-refractivity contribution is 1.20. The van der Waals surface area contributed by atoms with E-state index in [2.05, 4.69) is 52.5 Å². The number of benzene rings is 1. The minimum atomic E-state index is 1.05. The molecule has 0 amide bonds. The van der Waals surface area contributed by atoms with Crippen LogP contribution < -0.4 is 0 Å². The van der Waals surface area contributed by atoms with Gasteiger partial charge in [0.25, 0.3) is 0 Å². The van der Waals surface area contributed by atoms with E-state index in [1.54, 1.807) is 0 Å². The summed E-state index contributed by atoms with van der Waals surface area (Å²) < 4.78 is 0. The molecular formula is C16H22. The first-order chi connectivity index (χ1) is 7.45. The van der Waals surface area contributed by atoms with Gasteiger partial charge in [-0.1, -0.05) is 37.3 Å². The molecule has 0 aromatic heterocycles. The van der Waals surface area contributed by atoms with Crippen molar-refractivity contribution < 1.29 is 0 Å². The monoisotopic (exact) mass is 214 g/mol. The molecule has 0 nitrogen and oxygen atoms in total. The third-order valence-corrected chi connectivity index (χ3v) is 2.99. The maximum absolute atomic E-state index is 3.96. The first kappa shape index (κ1) is 12.8. The zero-order valence-electron chi connectivity index (χ0n) is 11.1. The molecule has 0 heteroatoms. The van der Waals surface area contributed by atoms with Crippen molar-refractivity contribution in [1.29, 1.82) is 0 Å². The molecule has 0 aliphatic carbocycles. The SMILES string of the molecule is C=C(C)/C=C(/CC)c1cc(C)c(C)cc1C. The molecule has 1 aromatic carbocycles. The van der Waals surface area contributed by atoms with Crippen LogP contribution in [0.3, 0.4) is 0 Å². The summed E-state index contributed by atoms with van der Waals surface area (Å²) in [5, 5.41) is 0. The van der Waals surface area contributed by atoms with Crippen LogP contribution in [-0.4, -0.2) is 0 Å². The summed E-state index contributed by atoms with van der Waals surface area (Å²) in [6, 6.07) is 4.57. The van der Waals surface area contributed by atoms with E-state index >= 15 is 0 Å². The van der Waals surface area contributed by atoms with E-state index in [1.165, 1.54) is 27.8 Å². The third kappa shape index (κ3) is 2.85. The highest BCUT2D eigenvalue weighted by molar-refractivity contribution is 5.71. The second-order valence-electron chi connectivity index (χ2n) is 4.62. The second kappa shape index (κ2) is 5.16. The summed E-state index contributed by atoms with van der Waals surface area (Å²) >= 11 is 0. The predicted octanol–water partition coefficient (Wildman–Crippen LogP) is 4.98. The average Bonchev–Trinajstić information content (AvgIpc) is 2.20. The van der Waals surface area contributed by atoms with Crippen molar-refractivity contribution in [1.82, 2.24) is 0 Å². The van der Waals surface area contributed by atoms with Crippen molar-refractivity contribution in [3.8, 4) is 0 Å². The van der Waals surface area contributed by atoms with E-state index in [4.69, 9.17) is 0 Å². The molecule has 0 atom stereocenters. The predicted molar refractivity (Wildman–Crippen MR) is 73.7 cm³/mol. The molecule has 0 unspecified atom stereocenters. The Morgan fingerprint density at radius 1 is 1.12 bits per heavy atom. The Kier molecular flexibility index (Phi) is 4.12. The lowest BCUT2D eigenvalue weighted by Gasteiger charge is -2.12. The van der Waals surface area contributed by atoms with Gasteiger partial charge in [0.15, 0.2) is 0 Å². The van der Waals surface area contributed by atoms with E-state index in [9.17, 15) is 0 Å². The van der Waals surface area contributed by atoms with Gasteiger partial charge >= 0.3 is 0 Å². The van der Waals surface area contributed by atoms with Gasteiger partial charge in [0.05, 0.1) is 0 Å². The standard InChI is InChI=1S/C16H22/c1-7-15(8-11(2)3)16-10-13(5)12(4)9-14(16)6/h8-10H,2,7H2,1,3-6H3/b15-8-. The highest BCUT2D eigenvalue weighted by atomic mass is 14.1. The lowest BCUT2D eigenvalue weighted by atomic mass is 9.93. The number of hydrogen-bond donors (Lipinski definition) is 0. The van der Waals surface area contributed by atoms with Crippen LogP contribution in [0.4, 0.5) is 0 Å². The smallest absolute Gasteiger partial charge is 0.0192 e. The van der Waals surface area contributed by atoms with Crippen LogP contribution in [0.15, 0.2) is 30.4 Å². The van der Waals surface area contributed by atoms with Crippen LogP contribution in [0, 0.1) is 20.8 Å². The zero-order valence-corrected chi connectivity index (χ0v) is 11.1. The van der Waals surface area contributed by atoms with Crippen LogP contribution >= 0.6 is 0 Å². The Labute approximate surface area is 99.7 Å². The fourth-order valence-corrected chi connectivity index (χ4v) is 1.97. The maximum Gasteiger partial charge on any atom is -0.0192 e. The lowest BCUT2D eigenvalue weighted by Crippen LogP contribution is -1.92. The van der Waals surface area contributed by atoms with Gasteiger partial charge in [-0.2, -0.15) is 0 Å². The first-order valence-electron chi connectivity index (χ1n) is 5.90. The van der Waals surface area contributed by atoms with E-state index in [-0.39, 0.29) is 0 Å². The molecule has 0 heterocycles. The number of aryl methyl sites for hydroxylation is 3. The molecule has 0 fully saturated rings. The number of hydrogen-bond acceptors (Lipinski definition) is 0. The molecular weight excluding hydrogens is 192 g/mol. The van der Waals surface area contributed by atoms with Crippen molar-refractivity contribution in [2.45, 2.75) is 41.0 Å². The first-order valence-corrected chi connectivity index (χ1v) is 5.90. The van der Waals surface area contributed by atoms with Gasteiger partial charge in [-0.3, -0.25) is 0 Å². The molecule has 16 heavy (non-hydrogen) atoms. The summed E-state index contributed by atoms with van der Waals surface area (Å²) in [7, 11) is 0. The molecule has 86 valence electrons. The summed E-state index contributed by atoms with van der Waals surface area (Å²) in [6.45, 7) is 14.7. The van der Waals surface area contributed by atoms with Gasteiger partial charge in [0, 0.05) is 0 Å². The normalized spacial score (nSPS) is 11.7. The third-order valence-electron chi connectivity index (χ3n) is 2.99. The largest absolute Gasteiger partial charge is 0.0961 e. The molecule has 0 saturated heterocycles. The van der Waals surface area contributed by atoms with Gasteiger partial charge in [-0.05, 0) is 61.9 Å². The van der Waals surface area contributed by atoms with Crippen molar-refractivity contribution in [3.05, 3.63) is 52.6 Å². The molecule has 0 spiro atoms. The minimum Gasteiger partial charge on any atom is -0.0961 e. The molecule has 0 saturated carbocycles. The fraction of sp³-hybridized carbons (Fsp3) is 0.375. The van der Waals surface area contributed by atoms with Crippen LogP contribution in [0.2, 0.25) is 0 Å². The van der Waals surface area contributed by atoms with E-state index in [0.29, 0.717) is 0 Å². The van der Waals surface area contributed by atoms with Gasteiger partial charge in [-0.25, -0.2) is 0 Å². The molecule has 0 aliphatic heterocycles. The van der Waals surface area contributed by atoms with Gasteiger partial charge in [-0.15, -0.1) is 0 Å². The van der Waals surface area contributed by atoms with Crippen LogP contribution in [0.25, 0.3) is 5.57 Å². The van der Waals surface area contributed by atoms with Crippen molar-refractivity contribution in [2.24, 2.45) is 0 Å². The Morgan fingerprint density at radius 3 is 2.19 bits per heavy atom. The van der Waals surface area contributed by atoms with Crippen molar-refractivity contribution in [2.75, 3.05) is 0 Å². The van der Waals surface area contributed by atoms with Crippen molar-refractivity contribution >= 4 is 5.57 Å². The number of allylic oxidation sites excluding steroid dienone is 3. The van der Waals surface area contributed by atoms with E-state index in [1.807, 2.05) is 6.92 Å². The van der Waals surface area contributed by atoms with Crippen LogP contribution in [0.1, 0.15) is 42.5 Å². The summed E-state index contributed by atoms with van der Waals surface area (Å²) in [6.07, 6.45) is 3.24. The molecule has 1 rings (SSSR count). The van der Waals surface area contributed by atoms with E-state index in [0.717, 1.165) is 12.0 Å². The highest BCUT2D eigenvalue weighted by Crippen LogP contribution is 2.25. The molecule has 0 N–H and O–H groups in total. The van der Waals surface area contributed by atoms with Crippen LogP contribution in [-0.2, 0) is 0 Å². The Hall–Kier alpha value is -1.30. The molecule has 0 bridgehead atoms. The maximum atomic E-state index is 3.96. The summed E-state index contributed by atoms with van der Waals surface area (Å²) in [4.78, 5) is 0. The number of rotatable bonds is 3. The molecule has 0 aliphatic rings. The van der Waals surface area contributed by atoms with Gasteiger partial charge < -0.3 is 0 Å². The minimum absolute atomic E-state index is 1.05. The topological polar surface area (TPSA) is 0 Å². The Bertz CT molecular complexity index is 434. The molecule has 0 radical (unpaired) electrons. The highest BCUT2D eigenvalue weighted by Gasteiger charge is 2.05.